The molecule has 0 aliphatic rings. The van der Waals surface area contributed by atoms with Crippen molar-refractivity contribution in [3.8, 4) is 0 Å². The summed E-state index contributed by atoms with van der Waals surface area (Å²) in [4.78, 5) is 20.0. The highest BCUT2D eigenvalue weighted by atomic mass is 32.2. The maximum atomic E-state index is 13.2. The molecule has 4 nitrogen and oxygen atoms in total. The van der Waals surface area contributed by atoms with Gasteiger partial charge in [0, 0.05) is 17.0 Å². The number of aromatic carboxylic acids is 1. The van der Waals surface area contributed by atoms with E-state index in [0.717, 1.165) is 23.9 Å². The normalized spacial score (nSPS) is 10.9. The second-order valence-corrected chi connectivity index (χ2v) is 5.69. The molecule has 0 radical (unpaired) electrons. The summed E-state index contributed by atoms with van der Waals surface area (Å²) >= 11 is 0.973. The first-order valence-electron chi connectivity index (χ1n) is 6.11. The van der Waals surface area contributed by atoms with Gasteiger partial charge in [-0.05, 0) is 18.2 Å². The van der Waals surface area contributed by atoms with E-state index in [9.17, 15) is 18.7 Å². The molecular weight excluding hydrogens is 298 g/mol. The van der Waals surface area contributed by atoms with Crippen molar-refractivity contribution in [2.24, 2.45) is 0 Å². The van der Waals surface area contributed by atoms with Gasteiger partial charge in [0.1, 0.15) is 5.82 Å². The number of aromatic nitrogens is 2. The van der Waals surface area contributed by atoms with Crippen molar-refractivity contribution in [2.75, 3.05) is 0 Å². The van der Waals surface area contributed by atoms with E-state index >= 15 is 0 Å². The highest BCUT2D eigenvalue weighted by molar-refractivity contribution is 7.99. The maximum Gasteiger partial charge on any atom is 0.355 e. The summed E-state index contributed by atoms with van der Waals surface area (Å²) in [5.41, 5.74) is -0.150. The number of rotatable bonds is 4. The summed E-state index contributed by atoms with van der Waals surface area (Å²) in [6.45, 7) is 3.70. The van der Waals surface area contributed by atoms with Crippen LogP contribution in [0.1, 0.15) is 36.1 Å². The lowest BCUT2D eigenvalue weighted by molar-refractivity contribution is 0.0685. The summed E-state index contributed by atoms with van der Waals surface area (Å²) in [5, 5.41) is 9.21. The molecule has 0 saturated carbocycles. The number of carbonyl (C=O) groups is 1. The van der Waals surface area contributed by atoms with Crippen molar-refractivity contribution in [2.45, 2.75) is 29.6 Å². The third-order valence-corrected chi connectivity index (χ3v) is 3.62. The fourth-order valence-corrected chi connectivity index (χ4v) is 2.45. The second-order valence-electron chi connectivity index (χ2n) is 4.58. The number of hydrogen-bond acceptors (Lipinski definition) is 4. The molecule has 2 aromatic rings. The van der Waals surface area contributed by atoms with Crippen molar-refractivity contribution < 1.29 is 18.7 Å². The van der Waals surface area contributed by atoms with Crippen LogP contribution in [-0.2, 0) is 0 Å². The minimum Gasteiger partial charge on any atom is -0.476 e. The highest BCUT2D eigenvalue weighted by Crippen LogP contribution is 2.30. The van der Waals surface area contributed by atoms with Crippen molar-refractivity contribution in [3.05, 3.63) is 47.5 Å². The van der Waals surface area contributed by atoms with Crippen LogP contribution < -0.4 is 0 Å². The largest absolute Gasteiger partial charge is 0.476 e. The third kappa shape index (κ3) is 3.55. The van der Waals surface area contributed by atoms with Gasteiger partial charge in [-0.15, -0.1) is 0 Å². The third-order valence-electron chi connectivity index (χ3n) is 2.61. The van der Waals surface area contributed by atoms with Crippen LogP contribution in [-0.4, -0.2) is 21.0 Å². The minimum atomic E-state index is -1.19. The van der Waals surface area contributed by atoms with Gasteiger partial charge in [-0.1, -0.05) is 25.6 Å². The predicted octanol–water partition coefficient (Wildman–Crippen LogP) is 3.73. The lowest BCUT2D eigenvalue weighted by Crippen LogP contribution is -2.08. The molecule has 7 heteroatoms. The van der Waals surface area contributed by atoms with E-state index in [0.29, 0.717) is 10.7 Å². The first kappa shape index (κ1) is 15.4. The van der Waals surface area contributed by atoms with Crippen molar-refractivity contribution in [3.63, 3.8) is 0 Å². The molecule has 0 unspecified atom stereocenters. The van der Waals surface area contributed by atoms with Crippen LogP contribution in [0, 0.1) is 11.6 Å². The quantitative estimate of drug-likeness (QED) is 0.932. The van der Waals surface area contributed by atoms with E-state index in [4.69, 9.17) is 0 Å². The number of halogens is 2. The SMILES string of the molecule is CC(C)c1ncc(Sc2ccc(F)c(F)c2)c(C(=O)O)n1. The van der Waals surface area contributed by atoms with Gasteiger partial charge in [-0.2, -0.15) is 0 Å². The lowest BCUT2D eigenvalue weighted by atomic mass is 10.2. The monoisotopic (exact) mass is 310 g/mol. The van der Waals surface area contributed by atoms with Gasteiger partial charge in [0.05, 0.1) is 4.90 Å². The molecular formula is C14H12F2N2O2S. The average molecular weight is 310 g/mol. The molecule has 0 atom stereocenters. The van der Waals surface area contributed by atoms with Crippen LogP contribution in [0.25, 0.3) is 0 Å². The van der Waals surface area contributed by atoms with E-state index in [-0.39, 0.29) is 16.5 Å². The zero-order valence-corrected chi connectivity index (χ0v) is 12.1. The van der Waals surface area contributed by atoms with Gasteiger partial charge in [0.15, 0.2) is 17.3 Å². The van der Waals surface area contributed by atoms with Crippen LogP contribution in [0.3, 0.4) is 0 Å². The minimum absolute atomic E-state index is 0.00887. The van der Waals surface area contributed by atoms with Crippen LogP contribution in [0.5, 0.6) is 0 Å². The Bertz CT molecular complexity index is 693. The fourth-order valence-electron chi connectivity index (χ4n) is 1.56. The molecule has 0 aliphatic carbocycles. The highest BCUT2D eigenvalue weighted by Gasteiger charge is 2.17. The van der Waals surface area contributed by atoms with Gasteiger partial charge < -0.3 is 5.11 Å². The van der Waals surface area contributed by atoms with E-state index in [2.05, 4.69) is 9.97 Å². The molecule has 1 aromatic carbocycles. The Morgan fingerprint density at radius 2 is 2.00 bits per heavy atom. The Morgan fingerprint density at radius 1 is 1.29 bits per heavy atom. The number of carboxylic acids is 1. The molecule has 21 heavy (non-hydrogen) atoms. The zero-order valence-electron chi connectivity index (χ0n) is 11.3. The summed E-state index contributed by atoms with van der Waals surface area (Å²) in [6.07, 6.45) is 1.39. The number of nitrogens with zero attached hydrogens (tertiary/aromatic N) is 2. The van der Waals surface area contributed by atoms with Gasteiger partial charge in [-0.3, -0.25) is 0 Å². The van der Waals surface area contributed by atoms with Gasteiger partial charge in [-0.25, -0.2) is 23.5 Å². The molecule has 0 aliphatic heterocycles. The fraction of sp³-hybridized carbons (Fsp3) is 0.214. The van der Waals surface area contributed by atoms with Crippen molar-refractivity contribution in [1.29, 1.82) is 0 Å². The first-order chi connectivity index (χ1) is 9.88. The Hall–Kier alpha value is -2.02. The van der Waals surface area contributed by atoms with E-state index in [1.54, 1.807) is 0 Å². The van der Waals surface area contributed by atoms with Crippen molar-refractivity contribution >= 4 is 17.7 Å². The summed E-state index contributed by atoms with van der Waals surface area (Å²) in [5.74, 6) is -2.72. The molecule has 1 N–H and O–H groups in total. The topological polar surface area (TPSA) is 63.1 Å². The Morgan fingerprint density at radius 3 is 2.57 bits per heavy atom. The van der Waals surface area contributed by atoms with Crippen molar-refractivity contribution in [1.82, 2.24) is 9.97 Å². The summed E-state index contributed by atoms with van der Waals surface area (Å²) < 4.78 is 26.1. The van der Waals surface area contributed by atoms with Crippen LogP contribution in [0.2, 0.25) is 0 Å². The van der Waals surface area contributed by atoms with E-state index < -0.39 is 17.6 Å². The van der Waals surface area contributed by atoms with Gasteiger partial charge >= 0.3 is 5.97 Å². The smallest absolute Gasteiger partial charge is 0.355 e. The van der Waals surface area contributed by atoms with Gasteiger partial charge in [0.2, 0.25) is 0 Å². The summed E-state index contributed by atoms with van der Waals surface area (Å²) in [6, 6.07) is 3.36. The Balaban J connectivity index is 2.39. The van der Waals surface area contributed by atoms with Crippen LogP contribution in [0.15, 0.2) is 34.2 Å². The molecule has 1 aromatic heterocycles. The molecule has 0 bridgehead atoms. The first-order valence-corrected chi connectivity index (χ1v) is 6.93. The van der Waals surface area contributed by atoms with Gasteiger partial charge in [0.25, 0.3) is 0 Å². The van der Waals surface area contributed by atoms with Crippen LogP contribution in [0.4, 0.5) is 8.78 Å². The Labute approximate surface area is 124 Å². The molecule has 0 spiro atoms. The van der Waals surface area contributed by atoms with E-state index in [1.807, 2.05) is 13.8 Å². The molecule has 1 heterocycles. The average Bonchev–Trinajstić information content (AvgIpc) is 2.43. The van der Waals surface area contributed by atoms with E-state index in [1.165, 1.54) is 12.3 Å². The molecule has 0 saturated heterocycles. The standard InChI is InChI=1S/C14H12F2N2O2S/c1-7(2)13-17-6-11(12(18-13)14(19)20)21-8-3-4-9(15)10(16)5-8/h3-7H,1-2H3,(H,19,20). The lowest BCUT2D eigenvalue weighted by Gasteiger charge is -2.09. The second kappa shape index (κ2) is 6.17. The van der Waals surface area contributed by atoms with Crippen LogP contribution >= 0.6 is 11.8 Å². The number of hydrogen-bond donors (Lipinski definition) is 1. The molecule has 110 valence electrons. The Kier molecular flexibility index (Phi) is 4.52. The molecule has 0 fully saturated rings. The molecule has 0 amide bonds. The predicted molar refractivity (Wildman–Crippen MR) is 73.6 cm³/mol. The zero-order chi connectivity index (χ0) is 15.6. The maximum absolute atomic E-state index is 13.2. The number of benzene rings is 1. The summed E-state index contributed by atoms with van der Waals surface area (Å²) in [7, 11) is 0. The molecule has 2 rings (SSSR count). The number of carboxylic acid groups (broad SMARTS) is 1.